The molecule has 1 aliphatic carbocycles. The Hall–Kier alpha value is -1.58. The minimum Gasteiger partial charge on any atom is -0.382 e. The minimum atomic E-state index is 0.461. The summed E-state index contributed by atoms with van der Waals surface area (Å²) in [6.45, 7) is 4.56. The summed E-state index contributed by atoms with van der Waals surface area (Å²) < 4.78 is 0. The fourth-order valence-corrected chi connectivity index (χ4v) is 1.43. The van der Waals surface area contributed by atoms with Crippen molar-refractivity contribution in [1.82, 2.24) is 9.97 Å². The van der Waals surface area contributed by atoms with E-state index < -0.39 is 0 Å². The summed E-state index contributed by atoms with van der Waals surface area (Å²) in [6, 6.07) is 0.617. The van der Waals surface area contributed by atoms with Crippen LogP contribution in [0.25, 0.3) is 0 Å². The average Bonchev–Trinajstić information content (AvgIpc) is 2.99. The lowest BCUT2D eigenvalue weighted by Gasteiger charge is -2.20. The molecule has 1 heterocycles. The molecule has 4 heteroatoms. The maximum Gasteiger partial charge on any atom is 0.147 e. The molecule has 0 aromatic carbocycles. The number of nitrogen functional groups attached to an aromatic ring is 1. The molecule has 0 atom stereocenters. The third kappa shape index (κ3) is 1.84. The van der Waals surface area contributed by atoms with Gasteiger partial charge < -0.3 is 10.6 Å². The zero-order valence-corrected chi connectivity index (χ0v) is 8.06. The summed E-state index contributed by atoms with van der Waals surface area (Å²) in [7, 11) is 0. The molecule has 1 aromatic heterocycles. The molecule has 0 radical (unpaired) electrons. The van der Waals surface area contributed by atoms with Gasteiger partial charge in [-0.3, -0.25) is 0 Å². The van der Waals surface area contributed by atoms with Gasteiger partial charge in [0.25, 0.3) is 0 Å². The molecule has 0 aliphatic heterocycles. The van der Waals surface area contributed by atoms with Gasteiger partial charge in [0.15, 0.2) is 0 Å². The largest absolute Gasteiger partial charge is 0.382 e. The van der Waals surface area contributed by atoms with Gasteiger partial charge in [0.2, 0.25) is 0 Å². The van der Waals surface area contributed by atoms with Crippen LogP contribution in [-0.2, 0) is 0 Å². The van der Waals surface area contributed by atoms with E-state index in [-0.39, 0.29) is 0 Å². The van der Waals surface area contributed by atoms with Gasteiger partial charge in [0, 0.05) is 12.6 Å². The molecule has 1 aromatic rings. The first-order chi connectivity index (χ1) is 6.81. The fourth-order valence-electron chi connectivity index (χ4n) is 1.43. The van der Waals surface area contributed by atoms with Gasteiger partial charge in [-0.05, 0) is 12.8 Å². The van der Waals surface area contributed by atoms with Crippen molar-refractivity contribution < 1.29 is 0 Å². The van der Waals surface area contributed by atoms with Crippen LogP contribution in [0, 0.1) is 0 Å². The van der Waals surface area contributed by atoms with E-state index in [4.69, 9.17) is 5.73 Å². The number of aromatic nitrogens is 2. The van der Waals surface area contributed by atoms with Crippen molar-refractivity contribution in [1.29, 1.82) is 0 Å². The molecule has 0 spiro atoms. The number of nitrogens with zero attached hydrogens (tertiary/aromatic N) is 3. The van der Waals surface area contributed by atoms with Crippen LogP contribution >= 0.6 is 0 Å². The van der Waals surface area contributed by atoms with Crippen molar-refractivity contribution in [2.45, 2.75) is 18.9 Å². The number of hydrogen-bond donors (Lipinski definition) is 1. The fraction of sp³-hybridized carbons (Fsp3) is 0.400. The average molecular weight is 190 g/mol. The number of rotatable bonds is 4. The second-order valence-corrected chi connectivity index (χ2v) is 3.47. The number of hydrogen-bond acceptors (Lipinski definition) is 4. The lowest BCUT2D eigenvalue weighted by molar-refractivity contribution is 0.836. The van der Waals surface area contributed by atoms with Crippen molar-refractivity contribution in [3.8, 4) is 0 Å². The molecule has 1 fully saturated rings. The number of nitrogens with two attached hydrogens (primary N) is 1. The van der Waals surface area contributed by atoms with E-state index >= 15 is 0 Å². The first kappa shape index (κ1) is 8.99. The van der Waals surface area contributed by atoms with Crippen LogP contribution in [-0.4, -0.2) is 22.6 Å². The molecule has 0 amide bonds. The zero-order chi connectivity index (χ0) is 9.97. The van der Waals surface area contributed by atoms with E-state index in [0.29, 0.717) is 11.9 Å². The zero-order valence-electron chi connectivity index (χ0n) is 8.06. The van der Waals surface area contributed by atoms with E-state index in [0.717, 1.165) is 12.4 Å². The molecule has 1 aliphatic rings. The predicted molar refractivity (Wildman–Crippen MR) is 57.0 cm³/mol. The molecule has 74 valence electrons. The van der Waals surface area contributed by atoms with Crippen LogP contribution < -0.4 is 10.6 Å². The Morgan fingerprint density at radius 1 is 1.50 bits per heavy atom. The van der Waals surface area contributed by atoms with Crippen LogP contribution in [0.2, 0.25) is 0 Å². The highest BCUT2D eigenvalue weighted by Crippen LogP contribution is 2.29. The Labute approximate surface area is 83.5 Å². The van der Waals surface area contributed by atoms with Gasteiger partial charge in [-0.25, -0.2) is 9.97 Å². The first-order valence-electron chi connectivity index (χ1n) is 4.76. The topological polar surface area (TPSA) is 55.0 Å². The molecular formula is C10H14N4. The first-order valence-corrected chi connectivity index (χ1v) is 4.76. The van der Waals surface area contributed by atoms with Crippen molar-refractivity contribution in [2.24, 2.45) is 0 Å². The van der Waals surface area contributed by atoms with E-state index in [9.17, 15) is 0 Å². The molecule has 2 N–H and O–H groups in total. The second-order valence-electron chi connectivity index (χ2n) is 3.47. The van der Waals surface area contributed by atoms with Gasteiger partial charge in [-0.2, -0.15) is 0 Å². The molecule has 14 heavy (non-hydrogen) atoms. The smallest absolute Gasteiger partial charge is 0.147 e. The third-order valence-electron chi connectivity index (χ3n) is 2.27. The van der Waals surface area contributed by atoms with Crippen LogP contribution in [0.5, 0.6) is 0 Å². The highest BCUT2D eigenvalue weighted by atomic mass is 15.2. The van der Waals surface area contributed by atoms with Gasteiger partial charge in [0.05, 0.1) is 12.4 Å². The third-order valence-corrected chi connectivity index (χ3v) is 2.27. The summed E-state index contributed by atoms with van der Waals surface area (Å²) in [5.41, 5.74) is 5.48. The Morgan fingerprint density at radius 3 is 2.79 bits per heavy atom. The minimum absolute atomic E-state index is 0.461. The Morgan fingerprint density at radius 2 is 2.29 bits per heavy atom. The maximum atomic E-state index is 5.48. The Kier molecular flexibility index (Phi) is 2.35. The molecule has 0 saturated heterocycles. The Bertz CT molecular complexity index is 315. The van der Waals surface area contributed by atoms with Crippen LogP contribution in [0.3, 0.4) is 0 Å². The monoisotopic (exact) mass is 190 g/mol. The Balaban J connectivity index is 2.16. The molecule has 0 bridgehead atoms. The summed E-state index contributed by atoms with van der Waals surface area (Å²) in [6.07, 6.45) is 7.67. The number of anilines is 2. The van der Waals surface area contributed by atoms with Crippen LogP contribution in [0.1, 0.15) is 12.8 Å². The van der Waals surface area contributed by atoms with Crippen molar-refractivity contribution in [2.75, 3.05) is 17.2 Å². The van der Waals surface area contributed by atoms with Crippen molar-refractivity contribution in [3.05, 3.63) is 25.0 Å². The second kappa shape index (κ2) is 3.65. The summed E-state index contributed by atoms with van der Waals surface area (Å²) in [5.74, 6) is 1.35. The summed E-state index contributed by atoms with van der Waals surface area (Å²) in [5, 5.41) is 0. The molecule has 4 nitrogen and oxygen atoms in total. The predicted octanol–water partition coefficient (Wildman–Crippen LogP) is 1.21. The van der Waals surface area contributed by atoms with Crippen LogP contribution in [0.4, 0.5) is 11.6 Å². The molecule has 0 unspecified atom stereocenters. The summed E-state index contributed by atoms with van der Waals surface area (Å²) in [4.78, 5) is 10.5. The SMILES string of the molecule is C=CCN(c1cnc(N)cn1)C1CC1. The molecule has 1 saturated carbocycles. The molecular weight excluding hydrogens is 176 g/mol. The molecule has 2 rings (SSSR count). The highest BCUT2D eigenvalue weighted by molar-refractivity contribution is 5.42. The van der Waals surface area contributed by atoms with Crippen LogP contribution in [0.15, 0.2) is 25.0 Å². The maximum absolute atomic E-state index is 5.48. The quantitative estimate of drug-likeness (QED) is 0.725. The standard InChI is InChI=1S/C10H14N4/c1-2-5-14(8-3-4-8)10-7-12-9(11)6-13-10/h2,6-8H,1,3-5H2,(H2,11,12). The van der Waals surface area contributed by atoms with Gasteiger partial charge in [-0.15, -0.1) is 6.58 Å². The normalized spacial score (nSPS) is 15.1. The van der Waals surface area contributed by atoms with Gasteiger partial charge >= 0.3 is 0 Å². The van der Waals surface area contributed by atoms with Gasteiger partial charge in [0.1, 0.15) is 11.6 Å². The van der Waals surface area contributed by atoms with Crippen molar-refractivity contribution >= 4 is 11.6 Å². The highest BCUT2D eigenvalue weighted by Gasteiger charge is 2.29. The lowest BCUT2D eigenvalue weighted by atomic mass is 10.4. The van der Waals surface area contributed by atoms with E-state index in [1.54, 1.807) is 12.4 Å². The van der Waals surface area contributed by atoms with Gasteiger partial charge in [-0.1, -0.05) is 6.08 Å². The van der Waals surface area contributed by atoms with Crippen molar-refractivity contribution in [3.63, 3.8) is 0 Å². The lowest BCUT2D eigenvalue weighted by Crippen LogP contribution is -2.26. The van der Waals surface area contributed by atoms with E-state index in [2.05, 4.69) is 21.4 Å². The van der Waals surface area contributed by atoms with E-state index in [1.165, 1.54) is 12.8 Å². The van der Waals surface area contributed by atoms with E-state index in [1.807, 2.05) is 6.08 Å². The summed E-state index contributed by atoms with van der Waals surface area (Å²) >= 11 is 0.